The number of hydrogen-bond acceptors (Lipinski definition) is 3. The van der Waals surface area contributed by atoms with Crippen molar-refractivity contribution in [2.45, 2.75) is 13.8 Å². The number of aliphatic imine (C=N–C) groups is 1. The summed E-state index contributed by atoms with van der Waals surface area (Å²) in [4.78, 5) is 27.7. The molecule has 0 atom stereocenters. The molecule has 0 radical (unpaired) electrons. The number of carbonyl (C=O) groups is 2. The lowest BCUT2D eigenvalue weighted by molar-refractivity contribution is -0.124. The number of nitrogens with zero attached hydrogens (tertiary/aromatic N) is 2. The van der Waals surface area contributed by atoms with E-state index in [2.05, 4.69) is 15.6 Å². The van der Waals surface area contributed by atoms with Gasteiger partial charge in [-0.1, -0.05) is 13.8 Å². The van der Waals surface area contributed by atoms with Gasteiger partial charge in [0.15, 0.2) is 5.96 Å². The largest absolute Gasteiger partial charge is 0.370 e. The average molecular weight is 241 g/mol. The van der Waals surface area contributed by atoms with Crippen molar-refractivity contribution in [3.05, 3.63) is 0 Å². The van der Waals surface area contributed by atoms with Crippen LogP contribution in [0.25, 0.3) is 0 Å². The second kappa shape index (κ2) is 6.07. The molecule has 0 spiro atoms. The zero-order chi connectivity index (χ0) is 12.8. The molecule has 0 bridgehead atoms. The number of hydrogen-bond donors (Lipinski definition) is 3. The van der Waals surface area contributed by atoms with E-state index in [4.69, 9.17) is 5.73 Å². The predicted octanol–water partition coefficient (Wildman–Crippen LogP) is -0.901. The Kier molecular flexibility index (Phi) is 4.74. The van der Waals surface area contributed by atoms with Gasteiger partial charge in [0.2, 0.25) is 5.91 Å². The molecule has 0 aromatic heterocycles. The highest BCUT2D eigenvalue weighted by Gasteiger charge is 2.27. The summed E-state index contributed by atoms with van der Waals surface area (Å²) in [6, 6.07) is -0.352. The number of guanidine groups is 1. The molecule has 4 N–H and O–H groups in total. The quantitative estimate of drug-likeness (QED) is 0.330. The van der Waals surface area contributed by atoms with Gasteiger partial charge < -0.3 is 16.4 Å². The van der Waals surface area contributed by atoms with Crippen LogP contribution in [0.1, 0.15) is 13.8 Å². The minimum absolute atomic E-state index is 0.0791. The van der Waals surface area contributed by atoms with E-state index in [0.29, 0.717) is 31.5 Å². The van der Waals surface area contributed by atoms with Crippen molar-refractivity contribution in [1.29, 1.82) is 0 Å². The lowest BCUT2D eigenvalue weighted by Gasteiger charge is -2.13. The first-order valence-corrected chi connectivity index (χ1v) is 5.62. The Morgan fingerprint density at radius 1 is 1.59 bits per heavy atom. The normalized spacial score (nSPS) is 16.6. The van der Waals surface area contributed by atoms with Gasteiger partial charge >= 0.3 is 6.03 Å². The van der Waals surface area contributed by atoms with Crippen LogP contribution in [0.2, 0.25) is 0 Å². The molecule has 1 heterocycles. The maximum absolute atomic E-state index is 11.2. The molecular formula is C10H19N5O2. The number of nitrogens with two attached hydrogens (primary N) is 1. The SMILES string of the molecule is CC(C)CN=C(N)NCCN1C(=O)CNC1=O. The van der Waals surface area contributed by atoms with Crippen LogP contribution in [0.5, 0.6) is 0 Å². The Bertz CT molecular complexity index is 311. The smallest absolute Gasteiger partial charge is 0.324 e. The molecule has 1 fully saturated rings. The van der Waals surface area contributed by atoms with E-state index in [9.17, 15) is 9.59 Å². The number of carbonyl (C=O) groups excluding carboxylic acids is 2. The van der Waals surface area contributed by atoms with Gasteiger partial charge in [-0.2, -0.15) is 0 Å². The van der Waals surface area contributed by atoms with E-state index in [1.165, 1.54) is 0 Å². The lowest BCUT2D eigenvalue weighted by Crippen LogP contribution is -2.41. The fraction of sp³-hybridized carbons (Fsp3) is 0.700. The van der Waals surface area contributed by atoms with E-state index in [1.54, 1.807) is 0 Å². The average Bonchev–Trinajstić information content (AvgIpc) is 2.57. The van der Waals surface area contributed by atoms with E-state index in [0.717, 1.165) is 4.90 Å². The second-order valence-corrected chi connectivity index (χ2v) is 4.25. The Labute approximate surface area is 100 Å². The minimum Gasteiger partial charge on any atom is -0.370 e. The molecule has 1 aliphatic rings. The van der Waals surface area contributed by atoms with Gasteiger partial charge in [0, 0.05) is 19.6 Å². The molecule has 7 nitrogen and oxygen atoms in total. The van der Waals surface area contributed by atoms with E-state index < -0.39 is 0 Å². The van der Waals surface area contributed by atoms with Crippen LogP contribution in [0, 0.1) is 5.92 Å². The zero-order valence-electron chi connectivity index (χ0n) is 10.2. The Morgan fingerprint density at radius 2 is 2.29 bits per heavy atom. The molecule has 96 valence electrons. The van der Waals surface area contributed by atoms with Crippen molar-refractivity contribution in [1.82, 2.24) is 15.5 Å². The molecule has 0 aromatic carbocycles. The number of imide groups is 1. The Morgan fingerprint density at radius 3 is 2.82 bits per heavy atom. The summed E-state index contributed by atoms with van der Waals surface area (Å²) < 4.78 is 0. The van der Waals surface area contributed by atoms with Crippen LogP contribution in [-0.2, 0) is 4.79 Å². The van der Waals surface area contributed by atoms with Crippen molar-refractivity contribution in [2.24, 2.45) is 16.6 Å². The molecule has 0 aliphatic carbocycles. The van der Waals surface area contributed by atoms with Gasteiger partial charge in [-0.25, -0.2) is 4.79 Å². The first kappa shape index (κ1) is 13.3. The highest BCUT2D eigenvalue weighted by molar-refractivity contribution is 6.01. The van der Waals surface area contributed by atoms with Gasteiger partial charge in [-0.05, 0) is 5.92 Å². The minimum atomic E-state index is -0.352. The maximum Gasteiger partial charge on any atom is 0.324 e. The summed E-state index contributed by atoms with van der Waals surface area (Å²) in [5.41, 5.74) is 5.61. The first-order chi connectivity index (χ1) is 8.00. The lowest BCUT2D eigenvalue weighted by atomic mass is 10.2. The molecule has 3 amide bonds. The van der Waals surface area contributed by atoms with Gasteiger partial charge in [-0.3, -0.25) is 14.7 Å². The van der Waals surface area contributed by atoms with Crippen LogP contribution in [0.4, 0.5) is 4.79 Å². The number of rotatable bonds is 5. The van der Waals surface area contributed by atoms with Crippen LogP contribution in [0.15, 0.2) is 4.99 Å². The van der Waals surface area contributed by atoms with Gasteiger partial charge in [0.1, 0.15) is 0 Å². The van der Waals surface area contributed by atoms with E-state index in [1.807, 2.05) is 13.8 Å². The molecule has 0 aromatic rings. The fourth-order valence-corrected chi connectivity index (χ4v) is 1.31. The zero-order valence-corrected chi connectivity index (χ0v) is 10.2. The predicted molar refractivity (Wildman–Crippen MR) is 64.4 cm³/mol. The molecule has 7 heteroatoms. The van der Waals surface area contributed by atoms with Crippen LogP contribution in [-0.4, -0.2) is 49.0 Å². The molecule has 1 aliphatic heterocycles. The summed E-state index contributed by atoms with van der Waals surface area (Å²) in [6.45, 7) is 5.53. The number of amides is 3. The summed E-state index contributed by atoms with van der Waals surface area (Å²) in [6.07, 6.45) is 0. The van der Waals surface area contributed by atoms with Gasteiger partial charge in [0.05, 0.1) is 6.54 Å². The fourth-order valence-electron chi connectivity index (χ4n) is 1.31. The third kappa shape index (κ3) is 4.29. The third-order valence-electron chi connectivity index (χ3n) is 2.21. The van der Waals surface area contributed by atoms with Crippen LogP contribution < -0.4 is 16.4 Å². The van der Waals surface area contributed by atoms with Crippen molar-refractivity contribution in [3.63, 3.8) is 0 Å². The highest BCUT2D eigenvalue weighted by Crippen LogP contribution is 1.96. The summed E-state index contributed by atoms with van der Waals surface area (Å²) in [5.74, 6) is 0.571. The van der Waals surface area contributed by atoms with Gasteiger partial charge in [0.25, 0.3) is 0 Å². The molecule has 0 unspecified atom stereocenters. The van der Waals surface area contributed by atoms with Gasteiger partial charge in [-0.15, -0.1) is 0 Å². The maximum atomic E-state index is 11.2. The third-order valence-corrected chi connectivity index (χ3v) is 2.21. The summed E-state index contributed by atoms with van der Waals surface area (Å²) in [5, 5.41) is 5.31. The first-order valence-electron chi connectivity index (χ1n) is 5.62. The second-order valence-electron chi connectivity index (χ2n) is 4.25. The molecule has 17 heavy (non-hydrogen) atoms. The molecule has 1 rings (SSSR count). The van der Waals surface area contributed by atoms with Crippen molar-refractivity contribution in [2.75, 3.05) is 26.2 Å². The molecular weight excluding hydrogens is 222 g/mol. The van der Waals surface area contributed by atoms with Crippen LogP contribution in [0.3, 0.4) is 0 Å². The monoisotopic (exact) mass is 241 g/mol. The summed E-state index contributed by atoms with van der Waals surface area (Å²) in [7, 11) is 0. The molecule has 1 saturated heterocycles. The van der Waals surface area contributed by atoms with E-state index >= 15 is 0 Å². The number of nitrogens with one attached hydrogen (secondary N) is 2. The van der Waals surface area contributed by atoms with Crippen LogP contribution >= 0.6 is 0 Å². The van der Waals surface area contributed by atoms with Crippen molar-refractivity contribution < 1.29 is 9.59 Å². The summed E-state index contributed by atoms with van der Waals surface area (Å²) >= 11 is 0. The van der Waals surface area contributed by atoms with Crippen molar-refractivity contribution >= 4 is 17.9 Å². The highest BCUT2D eigenvalue weighted by atomic mass is 16.2. The Balaban J connectivity index is 2.25. The standard InChI is InChI=1S/C10H19N5O2/c1-7(2)5-13-9(11)12-3-4-15-8(16)6-14-10(15)17/h7H,3-6H2,1-2H3,(H,14,17)(H3,11,12,13). The topological polar surface area (TPSA) is 99.8 Å². The van der Waals surface area contributed by atoms with E-state index in [-0.39, 0.29) is 18.5 Å². The molecule has 0 saturated carbocycles. The Hall–Kier alpha value is -1.79. The number of urea groups is 1. The van der Waals surface area contributed by atoms with Crippen molar-refractivity contribution in [3.8, 4) is 0 Å².